The predicted molar refractivity (Wildman–Crippen MR) is 90.8 cm³/mol. The van der Waals surface area contributed by atoms with E-state index in [0.29, 0.717) is 5.02 Å². The van der Waals surface area contributed by atoms with Gasteiger partial charge in [-0.2, -0.15) is 5.10 Å². The fraction of sp³-hybridized carbons (Fsp3) is 0.400. The Labute approximate surface area is 139 Å². The van der Waals surface area contributed by atoms with Crippen molar-refractivity contribution in [2.24, 2.45) is 0 Å². The summed E-state index contributed by atoms with van der Waals surface area (Å²) in [5.41, 5.74) is 2.14. The second-order valence-electron chi connectivity index (χ2n) is 5.15. The summed E-state index contributed by atoms with van der Waals surface area (Å²) < 4.78 is 3.03. The molecule has 0 aliphatic heterocycles. The Morgan fingerprint density at radius 1 is 1.38 bits per heavy atom. The van der Waals surface area contributed by atoms with Crippen LogP contribution in [0.2, 0.25) is 5.02 Å². The van der Waals surface area contributed by atoms with E-state index in [1.165, 1.54) is 0 Å². The second-order valence-corrected chi connectivity index (χ2v) is 6.41. The van der Waals surface area contributed by atoms with Crippen molar-refractivity contribution in [2.75, 3.05) is 27.7 Å². The summed E-state index contributed by atoms with van der Waals surface area (Å²) in [6.45, 7) is 1.72. The largest absolute Gasteiger partial charge is 0.308 e. The smallest absolute Gasteiger partial charge is 0.0837 e. The molecule has 21 heavy (non-hydrogen) atoms. The third-order valence-electron chi connectivity index (χ3n) is 3.37. The highest BCUT2D eigenvalue weighted by molar-refractivity contribution is 9.10. The van der Waals surface area contributed by atoms with Gasteiger partial charge in [0, 0.05) is 11.0 Å². The van der Waals surface area contributed by atoms with Crippen LogP contribution in [-0.4, -0.2) is 42.4 Å². The number of likely N-dealkylation sites (N-methyl/N-ethyl adjacent to an activating group) is 1. The highest BCUT2D eigenvalue weighted by Gasteiger charge is 2.22. The SMILES string of the molecule is CNC(c1ccccc1Br)c1c(Cl)cnn1CCN(C)C. The number of benzene rings is 1. The van der Waals surface area contributed by atoms with E-state index in [0.717, 1.165) is 28.8 Å². The van der Waals surface area contributed by atoms with E-state index in [1.807, 2.05) is 44.0 Å². The number of nitrogens with one attached hydrogen (secondary N) is 1. The molecule has 4 nitrogen and oxygen atoms in total. The topological polar surface area (TPSA) is 33.1 Å². The van der Waals surface area contributed by atoms with Gasteiger partial charge >= 0.3 is 0 Å². The first kappa shape index (κ1) is 16.5. The Bertz CT molecular complexity index is 597. The van der Waals surface area contributed by atoms with Crippen LogP contribution in [0.5, 0.6) is 0 Å². The fourth-order valence-electron chi connectivity index (χ4n) is 2.28. The zero-order valence-electron chi connectivity index (χ0n) is 12.5. The zero-order chi connectivity index (χ0) is 15.4. The van der Waals surface area contributed by atoms with E-state index in [2.05, 4.69) is 37.3 Å². The van der Waals surface area contributed by atoms with Crippen molar-refractivity contribution in [3.05, 3.63) is 51.2 Å². The lowest BCUT2D eigenvalue weighted by molar-refractivity contribution is 0.366. The number of rotatable bonds is 6. The molecule has 0 aliphatic carbocycles. The van der Waals surface area contributed by atoms with E-state index in [1.54, 1.807) is 6.20 Å². The molecule has 1 aromatic carbocycles. The molecule has 2 aromatic rings. The van der Waals surface area contributed by atoms with E-state index < -0.39 is 0 Å². The Hall–Kier alpha value is -0.880. The molecule has 0 saturated heterocycles. The van der Waals surface area contributed by atoms with E-state index in [9.17, 15) is 0 Å². The van der Waals surface area contributed by atoms with Crippen LogP contribution in [0.4, 0.5) is 0 Å². The molecular formula is C15H20BrClN4. The first-order valence-electron chi connectivity index (χ1n) is 6.82. The molecule has 2 rings (SSSR count). The summed E-state index contributed by atoms with van der Waals surface area (Å²) in [5.74, 6) is 0. The normalized spacial score (nSPS) is 12.9. The Balaban J connectivity index is 2.38. The molecule has 1 N–H and O–H groups in total. The lowest BCUT2D eigenvalue weighted by atomic mass is 10.0. The van der Waals surface area contributed by atoms with Crippen LogP contribution in [0.15, 0.2) is 34.9 Å². The number of hydrogen-bond acceptors (Lipinski definition) is 3. The van der Waals surface area contributed by atoms with Gasteiger partial charge in [0.2, 0.25) is 0 Å². The first-order valence-corrected chi connectivity index (χ1v) is 7.99. The Morgan fingerprint density at radius 3 is 2.71 bits per heavy atom. The average molecular weight is 372 g/mol. The minimum atomic E-state index is -0.00210. The standard InChI is InChI=1S/C15H20BrClN4/c1-18-14(11-6-4-5-7-12(11)16)15-13(17)10-19-21(15)9-8-20(2)3/h4-7,10,14,18H,8-9H2,1-3H3. The Morgan fingerprint density at radius 2 is 2.10 bits per heavy atom. The molecule has 1 aromatic heterocycles. The lowest BCUT2D eigenvalue weighted by Crippen LogP contribution is -2.25. The van der Waals surface area contributed by atoms with Crippen molar-refractivity contribution in [3.63, 3.8) is 0 Å². The number of halogens is 2. The molecule has 1 unspecified atom stereocenters. The Kier molecular flexibility index (Phi) is 5.81. The van der Waals surface area contributed by atoms with Crippen molar-refractivity contribution in [3.8, 4) is 0 Å². The van der Waals surface area contributed by atoms with Gasteiger partial charge in [0.25, 0.3) is 0 Å². The summed E-state index contributed by atoms with van der Waals surface area (Å²) in [6, 6.07) is 8.15. The average Bonchev–Trinajstić information content (AvgIpc) is 2.81. The zero-order valence-corrected chi connectivity index (χ0v) is 14.8. The molecule has 6 heteroatoms. The van der Waals surface area contributed by atoms with Crippen LogP contribution < -0.4 is 5.32 Å². The molecule has 114 valence electrons. The van der Waals surface area contributed by atoms with Crippen molar-refractivity contribution in [1.29, 1.82) is 0 Å². The molecule has 1 atom stereocenters. The van der Waals surface area contributed by atoms with E-state index >= 15 is 0 Å². The number of nitrogens with zero attached hydrogens (tertiary/aromatic N) is 3. The third-order valence-corrected chi connectivity index (χ3v) is 4.38. The van der Waals surface area contributed by atoms with Crippen molar-refractivity contribution < 1.29 is 0 Å². The van der Waals surface area contributed by atoms with Crippen molar-refractivity contribution >= 4 is 27.5 Å². The van der Waals surface area contributed by atoms with Crippen LogP contribution in [-0.2, 0) is 6.54 Å². The molecule has 0 fully saturated rings. The summed E-state index contributed by atoms with van der Waals surface area (Å²) in [6.07, 6.45) is 1.72. The quantitative estimate of drug-likeness (QED) is 0.846. The van der Waals surface area contributed by atoms with Crippen molar-refractivity contribution in [1.82, 2.24) is 20.0 Å². The number of aromatic nitrogens is 2. The summed E-state index contributed by atoms with van der Waals surface area (Å²) in [5, 5.41) is 8.44. The third kappa shape index (κ3) is 3.86. The molecule has 0 amide bonds. The lowest BCUT2D eigenvalue weighted by Gasteiger charge is -2.21. The molecule has 0 saturated carbocycles. The van der Waals surface area contributed by atoms with Gasteiger partial charge in [-0.15, -0.1) is 0 Å². The minimum absolute atomic E-state index is 0.00210. The van der Waals surface area contributed by atoms with Gasteiger partial charge in [0.15, 0.2) is 0 Å². The summed E-state index contributed by atoms with van der Waals surface area (Å²) >= 11 is 10.00. The van der Waals surface area contributed by atoms with Crippen LogP contribution >= 0.6 is 27.5 Å². The number of hydrogen-bond donors (Lipinski definition) is 1. The highest BCUT2D eigenvalue weighted by Crippen LogP contribution is 2.32. The maximum Gasteiger partial charge on any atom is 0.0837 e. The van der Waals surface area contributed by atoms with Gasteiger partial charge in [0.1, 0.15) is 0 Å². The van der Waals surface area contributed by atoms with Crippen molar-refractivity contribution in [2.45, 2.75) is 12.6 Å². The monoisotopic (exact) mass is 370 g/mol. The van der Waals surface area contributed by atoms with E-state index in [-0.39, 0.29) is 6.04 Å². The van der Waals surface area contributed by atoms with Gasteiger partial charge in [-0.05, 0) is 32.8 Å². The maximum atomic E-state index is 6.38. The molecule has 1 heterocycles. The molecule has 0 aliphatic rings. The van der Waals surface area contributed by atoms with Crippen LogP contribution in [0.1, 0.15) is 17.3 Å². The second kappa shape index (κ2) is 7.40. The summed E-state index contributed by atoms with van der Waals surface area (Å²) in [7, 11) is 6.03. The highest BCUT2D eigenvalue weighted by atomic mass is 79.9. The van der Waals surface area contributed by atoms with Crippen LogP contribution in [0, 0.1) is 0 Å². The fourth-order valence-corrected chi connectivity index (χ4v) is 3.04. The van der Waals surface area contributed by atoms with Gasteiger partial charge < -0.3 is 10.2 Å². The molecule has 0 bridgehead atoms. The van der Waals surface area contributed by atoms with Gasteiger partial charge in [-0.1, -0.05) is 45.7 Å². The molecule has 0 radical (unpaired) electrons. The van der Waals surface area contributed by atoms with Gasteiger partial charge in [-0.3, -0.25) is 4.68 Å². The van der Waals surface area contributed by atoms with E-state index in [4.69, 9.17) is 11.6 Å². The van der Waals surface area contributed by atoms with Crippen LogP contribution in [0.3, 0.4) is 0 Å². The summed E-state index contributed by atoms with van der Waals surface area (Å²) in [4.78, 5) is 2.13. The van der Waals surface area contributed by atoms with Gasteiger partial charge in [0.05, 0.1) is 29.5 Å². The predicted octanol–water partition coefficient (Wildman–Crippen LogP) is 3.17. The first-order chi connectivity index (χ1) is 10.0. The van der Waals surface area contributed by atoms with Crippen LogP contribution in [0.25, 0.3) is 0 Å². The maximum absolute atomic E-state index is 6.38. The minimum Gasteiger partial charge on any atom is -0.308 e. The van der Waals surface area contributed by atoms with Gasteiger partial charge in [-0.25, -0.2) is 0 Å². The molecule has 0 spiro atoms. The molecular weight excluding hydrogens is 352 g/mol.